The number of hydrogen-bond acceptors (Lipinski definition) is 12. The summed E-state index contributed by atoms with van der Waals surface area (Å²) in [5.74, 6) is -0.847. The smallest absolute Gasteiger partial charge is 0.396 e. The molecule has 222 valence electrons. The van der Waals surface area contributed by atoms with Gasteiger partial charge in [0.05, 0.1) is 61.1 Å². The maximum atomic E-state index is 12.8. The van der Waals surface area contributed by atoms with Crippen LogP contribution < -0.4 is 22.2 Å². The lowest BCUT2D eigenvalue weighted by Gasteiger charge is -2.14. The molecule has 2 heterocycles. The third-order valence-electron chi connectivity index (χ3n) is 5.87. The van der Waals surface area contributed by atoms with Gasteiger partial charge in [-0.15, -0.1) is 0 Å². The third-order valence-corrected chi connectivity index (χ3v) is 7.83. The minimum Gasteiger partial charge on any atom is -0.396 e. The Morgan fingerprint density at radius 3 is 1.23 bits per heavy atom. The molecule has 0 fully saturated rings. The SMILES string of the molecule is CC(CO)COP(=O)(O)OCCn1c(=O)c2cc3c(=O)n(CCOP(=O)(O)OCC(C)CO)c(=O)c3cc2c1=O. The fraction of sp³-hybridized carbons (Fsp3) is 0.545. The van der Waals surface area contributed by atoms with Crippen LogP contribution in [0.1, 0.15) is 13.8 Å². The fourth-order valence-electron chi connectivity index (χ4n) is 3.60. The lowest BCUT2D eigenvalue weighted by Crippen LogP contribution is -2.28. The van der Waals surface area contributed by atoms with Crippen molar-refractivity contribution in [3.8, 4) is 0 Å². The Bertz CT molecular complexity index is 1460. The normalized spacial score (nSPS) is 16.8. The second-order valence-corrected chi connectivity index (χ2v) is 12.1. The molecule has 16 nitrogen and oxygen atoms in total. The molecule has 18 heteroatoms. The van der Waals surface area contributed by atoms with E-state index < -0.39 is 76.0 Å². The number of nitrogens with zero attached hydrogens (tertiary/aromatic N) is 2. The average Bonchev–Trinajstić information content (AvgIpc) is 3.28. The predicted molar refractivity (Wildman–Crippen MR) is 141 cm³/mol. The summed E-state index contributed by atoms with van der Waals surface area (Å²) in [7, 11) is -9.02. The van der Waals surface area contributed by atoms with Gasteiger partial charge in [0.2, 0.25) is 0 Å². The van der Waals surface area contributed by atoms with E-state index >= 15 is 0 Å². The van der Waals surface area contributed by atoms with Gasteiger partial charge in [-0.3, -0.25) is 46.4 Å². The molecule has 40 heavy (non-hydrogen) atoms. The van der Waals surface area contributed by atoms with E-state index in [-0.39, 0.29) is 48.0 Å². The minimum absolute atomic E-state index is 0.158. The number of rotatable bonds is 16. The molecule has 2 aromatic heterocycles. The van der Waals surface area contributed by atoms with Crippen LogP contribution in [0.2, 0.25) is 0 Å². The first-order chi connectivity index (χ1) is 18.7. The highest BCUT2D eigenvalue weighted by Gasteiger charge is 2.25. The molecule has 3 rings (SSSR count). The van der Waals surface area contributed by atoms with Gasteiger partial charge in [0.15, 0.2) is 0 Å². The van der Waals surface area contributed by atoms with Crippen LogP contribution in [0.3, 0.4) is 0 Å². The molecule has 0 amide bonds. The van der Waals surface area contributed by atoms with Crippen molar-refractivity contribution in [3.05, 3.63) is 53.5 Å². The number of hydrogen-bond donors (Lipinski definition) is 4. The summed E-state index contributed by atoms with van der Waals surface area (Å²) < 4.78 is 44.4. The van der Waals surface area contributed by atoms with Crippen molar-refractivity contribution in [1.82, 2.24) is 9.13 Å². The third kappa shape index (κ3) is 7.47. The molecule has 0 radical (unpaired) electrons. The first-order valence-corrected chi connectivity index (χ1v) is 15.1. The molecule has 0 spiro atoms. The summed E-state index contributed by atoms with van der Waals surface area (Å²) in [6, 6.07) is 2.19. The Hall–Kier alpha value is -2.36. The van der Waals surface area contributed by atoms with E-state index in [1.54, 1.807) is 13.8 Å². The number of aliphatic hydroxyl groups is 2. The van der Waals surface area contributed by atoms with Gasteiger partial charge in [-0.2, -0.15) is 0 Å². The predicted octanol–water partition coefficient (Wildman–Crippen LogP) is -0.564. The standard InChI is InChI=1S/C22H30N2O14P2/c1-13(9-25)11-37-39(31,32)35-5-3-23-19(27)15-7-17-18(8-16(15)20(23)28)22(30)24(21(17)29)4-6-36-40(33,34)38-12-14(2)10-26/h7-8,13-14,25-26H,3-6,9-12H2,1-2H3,(H,31,32)(H,33,34). The molecule has 4 unspecified atom stereocenters. The molecule has 0 aliphatic heterocycles. The molecule has 4 N–H and O–H groups in total. The molecule has 0 aliphatic rings. The maximum Gasteiger partial charge on any atom is 0.472 e. The highest BCUT2D eigenvalue weighted by atomic mass is 31.2. The Morgan fingerprint density at radius 1 is 0.650 bits per heavy atom. The van der Waals surface area contributed by atoms with Gasteiger partial charge in [-0.25, -0.2) is 9.13 Å². The fourth-order valence-corrected chi connectivity index (χ4v) is 5.26. The van der Waals surface area contributed by atoms with Crippen molar-refractivity contribution in [2.45, 2.75) is 26.9 Å². The summed E-state index contributed by atoms with van der Waals surface area (Å²) in [5.41, 5.74) is -3.25. The molecule has 1 aromatic carbocycles. The summed E-state index contributed by atoms with van der Waals surface area (Å²) >= 11 is 0. The zero-order chi connectivity index (χ0) is 29.8. The maximum absolute atomic E-state index is 12.8. The number of aliphatic hydroxyl groups excluding tert-OH is 2. The molecular formula is C22H30N2O14P2. The van der Waals surface area contributed by atoms with E-state index in [1.165, 1.54) is 0 Å². The Morgan fingerprint density at radius 2 is 0.950 bits per heavy atom. The first kappa shape index (κ1) is 32.2. The highest BCUT2D eigenvalue weighted by Crippen LogP contribution is 2.44. The number of phosphoric ester groups is 2. The van der Waals surface area contributed by atoms with Gasteiger partial charge in [0.1, 0.15) is 0 Å². The van der Waals surface area contributed by atoms with E-state index in [2.05, 4.69) is 0 Å². The lowest BCUT2D eigenvalue weighted by atomic mass is 10.1. The number of phosphoric acid groups is 2. The van der Waals surface area contributed by atoms with Crippen LogP contribution >= 0.6 is 15.6 Å². The van der Waals surface area contributed by atoms with Crippen LogP contribution in [0.15, 0.2) is 31.3 Å². The Labute approximate surface area is 225 Å². The Kier molecular flexibility index (Phi) is 10.5. The summed E-state index contributed by atoms with van der Waals surface area (Å²) in [4.78, 5) is 70.8. The van der Waals surface area contributed by atoms with Gasteiger partial charge in [-0.1, -0.05) is 13.8 Å². The van der Waals surface area contributed by atoms with Crippen LogP contribution in [0.5, 0.6) is 0 Å². The molecule has 0 saturated carbocycles. The van der Waals surface area contributed by atoms with Crippen LogP contribution in [-0.2, 0) is 40.3 Å². The van der Waals surface area contributed by atoms with E-state index in [9.17, 15) is 38.1 Å². The molecule has 0 saturated heterocycles. The van der Waals surface area contributed by atoms with Crippen LogP contribution in [0.4, 0.5) is 0 Å². The van der Waals surface area contributed by atoms with Crippen LogP contribution in [0.25, 0.3) is 21.5 Å². The van der Waals surface area contributed by atoms with Crippen molar-refractivity contribution >= 4 is 37.2 Å². The zero-order valence-corrected chi connectivity index (χ0v) is 23.4. The number of fused-ring (bicyclic) bond motifs is 2. The minimum atomic E-state index is -4.51. The molecule has 3 aromatic rings. The van der Waals surface area contributed by atoms with Crippen molar-refractivity contribution < 1.29 is 47.2 Å². The summed E-state index contributed by atoms with van der Waals surface area (Å²) in [6.07, 6.45) is 0. The van der Waals surface area contributed by atoms with Gasteiger partial charge in [0, 0.05) is 25.0 Å². The van der Waals surface area contributed by atoms with Crippen molar-refractivity contribution in [2.75, 3.05) is 39.6 Å². The molecular weight excluding hydrogens is 578 g/mol. The highest BCUT2D eigenvalue weighted by molar-refractivity contribution is 7.47. The van der Waals surface area contributed by atoms with E-state index in [0.29, 0.717) is 0 Å². The van der Waals surface area contributed by atoms with Crippen molar-refractivity contribution in [1.29, 1.82) is 0 Å². The zero-order valence-electron chi connectivity index (χ0n) is 21.6. The second-order valence-electron chi connectivity index (χ2n) is 9.24. The largest absolute Gasteiger partial charge is 0.472 e. The van der Waals surface area contributed by atoms with E-state index in [0.717, 1.165) is 21.3 Å². The Balaban J connectivity index is 1.77. The molecule has 4 atom stereocenters. The number of benzene rings is 1. The summed E-state index contributed by atoms with van der Waals surface area (Å²) in [5, 5.41) is 17.3. The molecule has 0 bridgehead atoms. The quantitative estimate of drug-likeness (QED) is 0.149. The number of aromatic nitrogens is 2. The topological polar surface area (TPSA) is 230 Å². The summed E-state index contributed by atoms with van der Waals surface area (Å²) in [6.45, 7) is 0.133. The van der Waals surface area contributed by atoms with Gasteiger partial charge in [0.25, 0.3) is 22.2 Å². The van der Waals surface area contributed by atoms with Crippen molar-refractivity contribution in [3.63, 3.8) is 0 Å². The monoisotopic (exact) mass is 608 g/mol. The second kappa shape index (κ2) is 13.1. The van der Waals surface area contributed by atoms with E-state index in [4.69, 9.17) is 28.3 Å². The van der Waals surface area contributed by atoms with E-state index in [1.807, 2.05) is 0 Å². The lowest BCUT2D eigenvalue weighted by molar-refractivity contribution is 0.111. The first-order valence-electron chi connectivity index (χ1n) is 12.1. The van der Waals surface area contributed by atoms with Crippen LogP contribution in [-0.4, -0.2) is 68.8 Å². The van der Waals surface area contributed by atoms with Crippen LogP contribution in [0, 0.1) is 11.8 Å². The average molecular weight is 608 g/mol. The van der Waals surface area contributed by atoms with Gasteiger partial charge >= 0.3 is 15.6 Å². The van der Waals surface area contributed by atoms with Crippen molar-refractivity contribution in [2.24, 2.45) is 11.8 Å². The molecule has 0 aliphatic carbocycles. The van der Waals surface area contributed by atoms with Gasteiger partial charge in [-0.05, 0) is 12.1 Å². The van der Waals surface area contributed by atoms with Gasteiger partial charge < -0.3 is 20.0 Å².